The van der Waals surface area contributed by atoms with Gasteiger partial charge in [-0.1, -0.05) is 11.6 Å². The van der Waals surface area contributed by atoms with Crippen LogP contribution in [0.3, 0.4) is 0 Å². The molecule has 2 aromatic rings. The van der Waals surface area contributed by atoms with Crippen LogP contribution in [0.25, 0.3) is 0 Å². The summed E-state index contributed by atoms with van der Waals surface area (Å²) >= 11 is 6.26. The molecule has 1 fully saturated rings. The molecule has 1 N–H and O–H groups in total. The third-order valence-corrected chi connectivity index (χ3v) is 4.85. The zero-order chi connectivity index (χ0) is 19.5. The number of anilines is 1. The molecular weight excluding hydrogens is 382 g/mol. The summed E-state index contributed by atoms with van der Waals surface area (Å²) in [6.45, 7) is 1.17. The van der Waals surface area contributed by atoms with Crippen LogP contribution in [-0.2, 0) is 16.1 Å². The predicted molar refractivity (Wildman–Crippen MR) is 104 cm³/mol. The monoisotopic (exact) mass is 401 g/mol. The smallest absolute Gasteiger partial charge is 0.338 e. The van der Waals surface area contributed by atoms with Crippen LogP contribution in [0.2, 0.25) is 5.02 Å². The van der Waals surface area contributed by atoms with Gasteiger partial charge in [-0.05, 0) is 54.8 Å². The van der Waals surface area contributed by atoms with Crippen molar-refractivity contribution in [2.75, 3.05) is 18.5 Å². The average Bonchev–Trinajstić information content (AvgIpc) is 3.54. The fourth-order valence-electron chi connectivity index (χ4n) is 2.88. The first-order chi connectivity index (χ1) is 13.6. The van der Waals surface area contributed by atoms with E-state index in [1.165, 1.54) is 0 Å². The zero-order valence-electron chi connectivity index (χ0n) is 15.2. The Morgan fingerprint density at radius 2 is 1.86 bits per heavy atom. The molecular formula is C21H20ClNO5. The fraction of sp³-hybridized carbons (Fsp3) is 0.333. The lowest BCUT2D eigenvalue weighted by molar-refractivity contribution is -0.117. The highest BCUT2D eigenvalue weighted by Gasteiger charge is 2.29. The molecule has 0 aromatic heterocycles. The Labute approximate surface area is 167 Å². The van der Waals surface area contributed by atoms with Crippen molar-refractivity contribution in [2.45, 2.75) is 25.9 Å². The molecule has 0 saturated heterocycles. The number of halogens is 1. The molecule has 0 radical (unpaired) electrons. The quantitative estimate of drug-likeness (QED) is 0.760. The first kappa shape index (κ1) is 18.6. The highest BCUT2D eigenvalue weighted by Crippen LogP contribution is 2.38. The van der Waals surface area contributed by atoms with Gasteiger partial charge in [-0.25, -0.2) is 4.79 Å². The molecule has 28 heavy (non-hydrogen) atoms. The molecule has 1 aliphatic carbocycles. The first-order valence-electron chi connectivity index (χ1n) is 9.26. The molecule has 1 amide bonds. The second-order valence-electron chi connectivity index (χ2n) is 6.87. The minimum Gasteiger partial charge on any atom is -0.489 e. The maximum Gasteiger partial charge on any atom is 0.338 e. The molecule has 1 saturated carbocycles. The highest BCUT2D eigenvalue weighted by atomic mass is 35.5. The van der Waals surface area contributed by atoms with Crippen molar-refractivity contribution in [3.05, 3.63) is 52.5 Å². The van der Waals surface area contributed by atoms with Crippen LogP contribution in [0.15, 0.2) is 36.4 Å². The molecule has 0 unspecified atom stereocenters. The lowest BCUT2D eigenvalue weighted by Crippen LogP contribution is -2.13. The molecule has 0 atom stereocenters. The molecule has 2 aliphatic rings. The van der Waals surface area contributed by atoms with E-state index in [1.807, 2.05) is 0 Å². The largest absolute Gasteiger partial charge is 0.489 e. The van der Waals surface area contributed by atoms with E-state index in [0.29, 0.717) is 41.0 Å². The van der Waals surface area contributed by atoms with Gasteiger partial charge >= 0.3 is 5.97 Å². The van der Waals surface area contributed by atoms with Crippen molar-refractivity contribution in [3.8, 4) is 11.5 Å². The number of amides is 1. The zero-order valence-corrected chi connectivity index (χ0v) is 16.0. The number of hydrogen-bond donors (Lipinski definition) is 1. The predicted octanol–water partition coefficient (Wildman–Crippen LogP) is 4.21. The van der Waals surface area contributed by atoms with Gasteiger partial charge in [-0.2, -0.15) is 0 Å². The van der Waals surface area contributed by atoms with E-state index in [4.69, 9.17) is 25.8 Å². The van der Waals surface area contributed by atoms with Gasteiger partial charge in [0.05, 0.1) is 23.8 Å². The minimum atomic E-state index is -0.455. The van der Waals surface area contributed by atoms with E-state index in [0.717, 1.165) is 24.8 Å². The molecule has 0 bridgehead atoms. The summed E-state index contributed by atoms with van der Waals surface area (Å²) in [5.41, 5.74) is 1.80. The lowest BCUT2D eigenvalue weighted by Gasteiger charge is -2.12. The van der Waals surface area contributed by atoms with E-state index < -0.39 is 5.97 Å². The van der Waals surface area contributed by atoms with Gasteiger partial charge in [0.25, 0.3) is 0 Å². The summed E-state index contributed by atoms with van der Waals surface area (Å²) in [5.74, 6) is 0.793. The molecule has 2 aromatic carbocycles. The maximum atomic E-state index is 12.3. The van der Waals surface area contributed by atoms with Crippen LogP contribution in [0.1, 0.15) is 35.2 Å². The van der Waals surface area contributed by atoms with Crippen molar-refractivity contribution in [3.63, 3.8) is 0 Å². The Balaban J connectivity index is 1.37. The highest BCUT2D eigenvalue weighted by molar-refractivity contribution is 6.32. The van der Waals surface area contributed by atoms with Crippen molar-refractivity contribution in [2.24, 2.45) is 5.92 Å². The van der Waals surface area contributed by atoms with E-state index in [2.05, 4.69) is 5.32 Å². The number of ether oxygens (including phenoxy) is 3. The van der Waals surface area contributed by atoms with Crippen LogP contribution in [0.4, 0.5) is 5.69 Å². The van der Waals surface area contributed by atoms with E-state index in [-0.39, 0.29) is 18.4 Å². The summed E-state index contributed by atoms with van der Waals surface area (Å²) in [7, 11) is 0. The van der Waals surface area contributed by atoms with E-state index >= 15 is 0 Å². The van der Waals surface area contributed by atoms with Gasteiger partial charge in [0, 0.05) is 18.0 Å². The molecule has 6 nitrogen and oxygen atoms in total. The number of carbonyl (C=O) groups excluding carboxylic acids is 2. The van der Waals surface area contributed by atoms with Crippen molar-refractivity contribution in [1.82, 2.24) is 0 Å². The fourth-order valence-corrected chi connectivity index (χ4v) is 3.17. The molecule has 1 heterocycles. The summed E-state index contributed by atoms with van der Waals surface area (Å²) in [4.78, 5) is 24.1. The van der Waals surface area contributed by atoms with Crippen LogP contribution in [0.5, 0.6) is 11.5 Å². The first-order valence-corrected chi connectivity index (χ1v) is 9.64. The number of rotatable bonds is 5. The van der Waals surface area contributed by atoms with Gasteiger partial charge in [-0.3, -0.25) is 4.79 Å². The molecule has 0 spiro atoms. The van der Waals surface area contributed by atoms with Crippen LogP contribution in [-0.4, -0.2) is 25.1 Å². The number of carbonyl (C=O) groups is 2. The van der Waals surface area contributed by atoms with Crippen LogP contribution >= 0.6 is 11.6 Å². The summed E-state index contributed by atoms with van der Waals surface area (Å²) in [5, 5.41) is 3.27. The molecule has 146 valence electrons. The molecule has 1 aliphatic heterocycles. The average molecular weight is 402 g/mol. The van der Waals surface area contributed by atoms with Crippen molar-refractivity contribution >= 4 is 29.2 Å². The summed E-state index contributed by atoms with van der Waals surface area (Å²) in [6.07, 6.45) is 2.67. The summed E-state index contributed by atoms with van der Waals surface area (Å²) in [6, 6.07) is 10.1. The molecule has 7 heteroatoms. The van der Waals surface area contributed by atoms with Gasteiger partial charge in [-0.15, -0.1) is 0 Å². The van der Waals surface area contributed by atoms with Gasteiger partial charge in [0.2, 0.25) is 5.91 Å². The van der Waals surface area contributed by atoms with Crippen LogP contribution in [0, 0.1) is 5.92 Å². The number of fused-ring (bicyclic) bond motifs is 1. The van der Waals surface area contributed by atoms with Gasteiger partial charge < -0.3 is 19.5 Å². The van der Waals surface area contributed by atoms with Crippen molar-refractivity contribution < 1.29 is 23.8 Å². The second kappa shape index (κ2) is 8.10. The Bertz CT molecular complexity index is 892. The van der Waals surface area contributed by atoms with Gasteiger partial charge in [0.15, 0.2) is 11.5 Å². The minimum absolute atomic E-state index is 0.0293. The standard InChI is InChI=1S/C21H20ClNO5/c22-17-10-13(11-18-19(17)27-9-1-8-26-18)12-28-21(25)15-4-6-16(7-5-15)23-20(24)14-2-3-14/h4-7,10-11,14H,1-3,8-9,12H2,(H,23,24). The molecule has 4 rings (SSSR count). The van der Waals surface area contributed by atoms with Crippen LogP contribution < -0.4 is 14.8 Å². The number of benzene rings is 2. The maximum absolute atomic E-state index is 12.3. The van der Waals surface area contributed by atoms with Crippen molar-refractivity contribution in [1.29, 1.82) is 0 Å². The number of nitrogens with one attached hydrogen (secondary N) is 1. The Kier molecular flexibility index (Phi) is 5.39. The summed E-state index contributed by atoms with van der Waals surface area (Å²) < 4.78 is 16.6. The second-order valence-corrected chi connectivity index (χ2v) is 7.28. The van der Waals surface area contributed by atoms with E-state index in [9.17, 15) is 9.59 Å². The normalized spacial score (nSPS) is 15.5. The number of hydrogen-bond acceptors (Lipinski definition) is 5. The Hall–Kier alpha value is -2.73. The Morgan fingerprint density at radius 3 is 2.61 bits per heavy atom. The Morgan fingerprint density at radius 1 is 1.11 bits per heavy atom. The van der Waals surface area contributed by atoms with Gasteiger partial charge in [0.1, 0.15) is 6.61 Å². The number of esters is 1. The third kappa shape index (κ3) is 4.39. The third-order valence-electron chi connectivity index (χ3n) is 4.57. The van der Waals surface area contributed by atoms with E-state index in [1.54, 1.807) is 36.4 Å². The topological polar surface area (TPSA) is 73.9 Å². The SMILES string of the molecule is O=C(OCc1cc(Cl)c2c(c1)OCCCO2)c1ccc(NC(=O)C2CC2)cc1. The lowest BCUT2D eigenvalue weighted by atomic mass is 10.2.